The second kappa shape index (κ2) is 7.06. The summed E-state index contributed by atoms with van der Waals surface area (Å²) < 4.78 is 73.3. The molecule has 1 unspecified atom stereocenters. The average Bonchev–Trinajstić information content (AvgIpc) is 2.59. The monoisotopic (exact) mass is 389 g/mol. The molecule has 26 heavy (non-hydrogen) atoms. The molecular weight excluding hydrogens is 374 g/mol. The van der Waals surface area contributed by atoms with Crippen LogP contribution in [-0.2, 0) is 9.84 Å². The molecule has 0 spiro atoms. The molecule has 0 aliphatic rings. The molecule has 2 rings (SSSR count). The lowest BCUT2D eigenvalue weighted by molar-refractivity contribution is -0.0436. The van der Waals surface area contributed by atoms with Crippen LogP contribution in [0, 0.1) is 5.82 Å². The fourth-order valence-electron chi connectivity index (χ4n) is 2.25. The Labute approximate surface area is 148 Å². The Morgan fingerprint density at radius 1 is 1.00 bits per heavy atom. The highest BCUT2D eigenvalue weighted by atomic mass is 32.2. The van der Waals surface area contributed by atoms with Gasteiger partial charge in [-0.25, -0.2) is 12.8 Å². The zero-order valence-corrected chi connectivity index (χ0v) is 14.6. The molecule has 0 radical (unpaired) electrons. The lowest BCUT2D eigenvalue weighted by Gasteiger charge is -2.25. The van der Waals surface area contributed by atoms with Crippen LogP contribution in [0.3, 0.4) is 0 Å². The van der Waals surface area contributed by atoms with Gasteiger partial charge in [-0.05, 0) is 48.9 Å². The Kier molecular flexibility index (Phi) is 5.41. The van der Waals surface area contributed by atoms with E-state index < -0.39 is 38.0 Å². The second-order valence-corrected chi connectivity index (χ2v) is 7.56. The third kappa shape index (κ3) is 3.87. The number of alkyl halides is 3. The second-order valence-electron chi connectivity index (χ2n) is 5.62. The van der Waals surface area contributed by atoms with Crippen LogP contribution < -0.4 is 0 Å². The van der Waals surface area contributed by atoms with Crippen LogP contribution in [0.15, 0.2) is 53.4 Å². The van der Waals surface area contributed by atoms with Crippen molar-refractivity contribution in [1.29, 1.82) is 0 Å². The van der Waals surface area contributed by atoms with Gasteiger partial charge in [0.05, 0.1) is 10.9 Å². The van der Waals surface area contributed by atoms with Crippen LogP contribution in [-0.4, -0.2) is 31.8 Å². The number of rotatable bonds is 4. The van der Waals surface area contributed by atoms with Crippen LogP contribution >= 0.6 is 0 Å². The van der Waals surface area contributed by atoms with Crippen molar-refractivity contribution in [2.75, 3.05) is 7.05 Å². The van der Waals surface area contributed by atoms with Gasteiger partial charge >= 0.3 is 5.51 Å². The summed E-state index contributed by atoms with van der Waals surface area (Å²) >= 11 is 0. The number of hydrogen-bond donors (Lipinski definition) is 0. The normalized spacial score (nSPS) is 13.3. The van der Waals surface area contributed by atoms with E-state index in [9.17, 15) is 30.8 Å². The largest absolute Gasteiger partial charge is 0.501 e. The van der Waals surface area contributed by atoms with Crippen molar-refractivity contribution in [3.05, 3.63) is 65.5 Å². The van der Waals surface area contributed by atoms with Gasteiger partial charge in [-0.15, -0.1) is 0 Å². The molecule has 0 heterocycles. The molecular formula is C17H15F4NO3S. The number of hydrogen-bond acceptors (Lipinski definition) is 3. The van der Waals surface area contributed by atoms with E-state index in [1.807, 2.05) is 0 Å². The van der Waals surface area contributed by atoms with Crippen molar-refractivity contribution in [2.24, 2.45) is 0 Å². The molecule has 0 saturated carbocycles. The predicted molar refractivity (Wildman–Crippen MR) is 86.6 cm³/mol. The number of benzene rings is 2. The number of amides is 1. The third-order valence-electron chi connectivity index (χ3n) is 3.97. The molecule has 4 nitrogen and oxygen atoms in total. The fraction of sp³-hybridized carbons (Fsp3) is 0.235. The lowest BCUT2D eigenvalue weighted by atomic mass is 10.1. The Morgan fingerprint density at radius 3 is 1.96 bits per heavy atom. The number of carbonyl (C=O) groups excluding carboxylic acids is 1. The first-order chi connectivity index (χ1) is 11.9. The van der Waals surface area contributed by atoms with E-state index in [1.54, 1.807) is 6.92 Å². The van der Waals surface area contributed by atoms with Crippen molar-refractivity contribution in [2.45, 2.75) is 23.4 Å². The Hall–Kier alpha value is -2.42. The molecule has 2 aromatic carbocycles. The summed E-state index contributed by atoms with van der Waals surface area (Å²) in [5, 5.41) is 0. The van der Waals surface area contributed by atoms with Crippen LogP contribution in [0.5, 0.6) is 0 Å². The summed E-state index contributed by atoms with van der Waals surface area (Å²) in [6, 6.07) is 8.64. The smallest absolute Gasteiger partial charge is 0.335 e. The van der Waals surface area contributed by atoms with Gasteiger partial charge in [0.15, 0.2) is 0 Å². The predicted octanol–water partition coefficient (Wildman–Crippen LogP) is 3.95. The van der Waals surface area contributed by atoms with Gasteiger partial charge in [-0.2, -0.15) is 13.2 Å². The van der Waals surface area contributed by atoms with E-state index in [-0.39, 0.29) is 5.56 Å². The maximum absolute atomic E-state index is 13.0. The van der Waals surface area contributed by atoms with Crippen molar-refractivity contribution in [3.8, 4) is 0 Å². The first-order valence-corrected chi connectivity index (χ1v) is 8.87. The summed E-state index contributed by atoms with van der Waals surface area (Å²) in [5.74, 6) is -0.936. The van der Waals surface area contributed by atoms with Crippen molar-refractivity contribution >= 4 is 15.7 Å². The molecule has 0 aliphatic heterocycles. The fourth-order valence-corrected chi connectivity index (χ4v) is 3.02. The highest BCUT2D eigenvalue weighted by Gasteiger charge is 2.46. The highest BCUT2D eigenvalue weighted by molar-refractivity contribution is 7.92. The molecule has 0 aromatic heterocycles. The number of carbonyl (C=O) groups is 1. The van der Waals surface area contributed by atoms with Gasteiger partial charge in [0.2, 0.25) is 0 Å². The molecule has 0 N–H and O–H groups in total. The minimum atomic E-state index is -5.46. The summed E-state index contributed by atoms with van der Waals surface area (Å²) in [6.07, 6.45) is 0. The van der Waals surface area contributed by atoms with Crippen LogP contribution in [0.4, 0.5) is 17.6 Å². The Balaban J connectivity index is 2.23. The minimum Gasteiger partial charge on any atom is -0.335 e. The maximum atomic E-state index is 13.0. The quantitative estimate of drug-likeness (QED) is 0.744. The van der Waals surface area contributed by atoms with Crippen molar-refractivity contribution in [3.63, 3.8) is 0 Å². The Morgan fingerprint density at radius 2 is 1.50 bits per heavy atom. The van der Waals surface area contributed by atoms with Crippen LogP contribution in [0.25, 0.3) is 0 Å². The SMILES string of the molecule is CC(c1ccc(F)cc1)N(C)C(=O)c1ccc(S(=O)(=O)C(F)(F)F)cc1. The molecule has 1 amide bonds. The summed E-state index contributed by atoms with van der Waals surface area (Å²) in [5.41, 5.74) is -4.71. The Bertz CT molecular complexity index is 891. The van der Waals surface area contributed by atoms with Crippen LogP contribution in [0.1, 0.15) is 28.9 Å². The summed E-state index contributed by atoms with van der Waals surface area (Å²) in [6.45, 7) is 1.70. The first kappa shape index (κ1) is 19.9. The molecule has 0 bridgehead atoms. The van der Waals surface area contributed by atoms with Crippen molar-refractivity contribution < 1.29 is 30.8 Å². The average molecular weight is 389 g/mol. The summed E-state index contributed by atoms with van der Waals surface area (Å²) in [7, 11) is -3.98. The van der Waals surface area contributed by atoms with E-state index >= 15 is 0 Å². The van der Waals surface area contributed by atoms with Gasteiger partial charge in [-0.1, -0.05) is 12.1 Å². The van der Waals surface area contributed by atoms with E-state index in [4.69, 9.17) is 0 Å². The third-order valence-corrected chi connectivity index (χ3v) is 5.47. The van der Waals surface area contributed by atoms with Gasteiger partial charge < -0.3 is 4.90 Å². The van der Waals surface area contributed by atoms with E-state index in [1.165, 1.54) is 36.2 Å². The number of halogens is 4. The lowest BCUT2D eigenvalue weighted by Crippen LogP contribution is -2.29. The van der Waals surface area contributed by atoms with E-state index in [0.29, 0.717) is 5.56 Å². The molecule has 1 atom stereocenters. The standard InChI is InChI=1S/C17H15F4NO3S/c1-11(12-3-7-14(18)8-4-12)22(2)16(23)13-5-9-15(10-6-13)26(24,25)17(19,20)21/h3-11H,1-2H3. The molecule has 2 aromatic rings. The number of sulfone groups is 1. The van der Waals surface area contributed by atoms with Gasteiger partial charge in [-0.3, -0.25) is 4.79 Å². The zero-order chi connectivity index (χ0) is 19.7. The van der Waals surface area contributed by atoms with Crippen LogP contribution in [0.2, 0.25) is 0 Å². The van der Waals surface area contributed by atoms with Gasteiger partial charge in [0, 0.05) is 12.6 Å². The highest BCUT2D eigenvalue weighted by Crippen LogP contribution is 2.30. The molecule has 140 valence electrons. The molecule has 0 saturated heterocycles. The van der Waals surface area contributed by atoms with E-state index in [2.05, 4.69) is 0 Å². The maximum Gasteiger partial charge on any atom is 0.501 e. The number of nitrogens with zero attached hydrogens (tertiary/aromatic N) is 1. The first-order valence-electron chi connectivity index (χ1n) is 7.39. The molecule has 9 heteroatoms. The summed E-state index contributed by atoms with van der Waals surface area (Å²) in [4.78, 5) is 12.8. The van der Waals surface area contributed by atoms with Gasteiger partial charge in [0.25, 0.3) is 15.7 Å². The minimum absolute atomic E-state index is 0.0302. The zero-order valence-electron chi connectivity index (χ0n) is 13.8. The molecule has 0 fully saturated rings. The van der Waals surface area contributed by atoms with Crippen molar-refractivity contribution in [1.82, 2.24) is 4.90 Å². The topological polar surface area (TPSA) is 54.5 Å². The van der Waals surface area contributed by atoms with E-state index in [0.717, 1.165) is 24.3 Å². The van der Waals surface area contributed by atoms with Gasteiger partial charge in [0.1, 0.15) is 5.82 Å². The molecule has 0 aliphatic carbocycles.